The monoisotopic (exact) mass is 558 g/mol. The molecule has 0 atom stereocenters. The van der Waals surface area contributed by atoms with Gasteiger partial charge in [0.05, 0.1) is 15.5 Å². The number of aromatic nitrogens is 2. The quantitative estimate of drug-likeness (QED) is 0.309. The fraction of sp³-hybridized carbons (Fsp3) is 0.217. The van der Waals surface area contributed by atoms with Crippen LogP contribution in [0.25, 0.3) is 10.9 Å². The van der Waals surface area contributed by atoms with E-state index in [9.17, 15) is 21.9 Å². The summed E-state index contributed by atoms with van der Waals surface area (Å²) < 4.78 is 55.8. The first-order chi connectivity index (χ1) is 17.8. The van der Waals surface area contributed by atoms with Crippen LogP contribution in [0.3, 0.4) is 0 Å². The van der Waals surface area contributed by atoms with Crippen LogP contribution >= 0.6 is 11.3 Å². The van der Waals surface area contributed by atoms with Crippen molar-refractivity contribution in [2.75, 3.05) is 17.8 Å². The van der Waals surface area contributed by atoms with Gasteiger partial charge in [0, 0.05) is 36.2 Å². The Morgan fingerprint density at radius 3 is 2.41 bits per heavy atom. The van der Waals surface area contributed by atoms with E-state index < -0.39 is 20.0 Å². The molecule has 11 nitrogen and oxygen atoms in total. The van der Waals surface area contributed by atoms with E-state index in [4.69, 9.17) is 0 Å². The number of benzene rings is 2. The van der Waals surface area contributed by atoms with Gasteiger partial charge in [-0.25, -0.2) is 21.8 Å². The third-order valence-corrected chi connectivity index (χ3v) is 9.93. The predicted molar refractivity (Wildman–Crippen MR) is 140 cm³/mol. The van der Waals surface area contributed by atoms with Gasteiger partial charge in [0.25, 0.3) is 10.0 Å². The maximum Gasteiger partial charge on any atom is 0.263 e. The summed E-state index contributed by atoms with van der Waals surface area (Å²) in [6.07, 6.45) is 5.49. The number of nitrogens with zero attached hydrogens (tertiary/aromatic N) is 5. The van der Waals surface area contributed by atoms with E-state index in [0.29, 0.717) is 24.2 Å². The highest BCUT2D eigenvalue weighted by Crippen LogP contribution is 2.40. The molecule has 2 N–H and O–H groups in total. The molecule has 3 heterocycles. The molecule has 0 saturated carbocycles. The Morgan fingerprint density at radius 2 is 1.70 bits per heavy atom. The summed E-state index contributed by atoms with van der Waals surface area (Å²) in [5, 5.41) is 21.1. The molecule has 2 aromatic heterocycles. The maximum atomic E-state index is 13.5. The minimum atomic E-state index is -3.85. The topological polar surface area (TPSA) is 154 Å². The van der Waals surface area contributed by atoms with Crippen molar-refractivity contribution < 1.29 is 21.9 Å². The minimum absolute atomic E-state index is 0.000970. The molecule has 14 heteroatoms. The Morgan fingerprint density at radius 1 is 0.946 bits per heavy atom. The van der Waals surface area contributed by atoms with Crippen molar-refractivity contribution in [1.82, 2.24) is 14.3 Å². The number of nitrogens with one attached hydrogen (secondary N) is 1. The summed E-state index contributed by atoms with van der Waals surface area (Å²) in [7, 11) is -7.68. The number of fused-ring (bicyclic) bond motifs is 1. The van der Waals surface area contributed by atoms with Crippen molar-refractivity contribution >= 4 is 58.8 Å². The zero-order chi connectivity index (χ0) is 26.0. The first-order valence-electron chi connectivity index (χ1n) is 11.3. The minimum Gasteiger partial charge on any atom is -0.504 e. The van der Waals surface area contributed by atoms with Crippen LogP contribution in [0.1, 0.15) is 19.3 Å². The third kappa shape index (κ3) is 5.18. The average Bonchev–Trinajstić information content (AvgIpc) is 3.41. The Balaban J connectivity index is 1.47. The number of rotatable bonds is 7. The van der Waals surface area contributed by atoms with E-state index in [1.54, 1.807) is 17.5 Å². The van der Waals surface area contributed by atoms with Crippen molar-refractivity contribution in [1.29, 1.82) is 0 Å². The molecular formula is C23H22N6O5S3. The zero-order valence-corrected chi connectivity index (χ0v) is 21.8. The van der Waals surface area contributed by atoms with E-state index in [0.717, 1.165) is 30.6 Å². The summed E-state index contributed by atoms with van der Waals surface area (Å²) in [6.45, 7) is 0.850. The number of pyridine rings is 1. The average molecular weight is 559 g/mol. The fourth-order valence-electron chi connectivity index (χ4n) is 3.97. The van der Waals surface area contributed by atoms with Crippen LogP contribution in [-0.4, -0.2) is 49.3 Å². The number of thiazole rings is 1. The Hall–Kier alpha value is -3.46. The lowest BCUT2D eigenvalue weighted by molar-refractivity contribution is 0.347. The van der Waals surface area contributed by atoms with Crippen LogP contribution in [0.15, 0.2) is 80.3 Å². The highest BCUT2D eigenvalue weighted by Gasteiger charge is 2.29. The highest BCUT2D eigenvalue weighted by molar-refractivity contribution is 7.93. The largest absolute Gasteiger partial charge is 0.504 e. The van der Waals surface area contributed by atoms with Crippen LogP contribution < -0.4 is 4.72 Å². The van der Waals surface area contributed by atoms with E-state index in [2.05, 4.69) is 24.9 Å². The van der Waals surface area contributed by atoms with Crippen molar-refractivity contribution in [2.24, 2.45) is 10.2 Å². The van der Waals surface area contributed by atoms with Crippen LogP contribution in [0.4, 0.5) is 16.5 Å². The predicted octanol–water partition coefficient (Wildman–Crippen LogP) is 4.79. The number of anilines is 1. The molecule has 2 aromatic carbocycles. The van der Waals surface area contributed by atoms with Gasteiger partial charge in [-0.15, -0.1) is 16.5 Å². The van der Waals surface area contributed by atoms with Crippen LogP contribution in [0.2, 0.25) is 0 Å². The standard InChI is InChI=1S/C23H22N6O5S3/c30-22-19(27-26-16-6-8-17(9-7-16)36(31,32)28-23-25-11-14-35-23)15-20(18-5-4-10-24-21(18)22)37(33,34)29-12-2-1-3-13-29/h4-11,14-15,30H,1-3,12-13H2,(H,25,28). The lowest BCUT2D eigenvalue weighted by Gasteiger charge is -2.26. The molecule has 0 bridgehead atoms. The van der Waals surface area contributed by atoms with Crippen LogP contribution in [0, 0.1) is 0 Å². The molecule has 1 fully saturated rings. The lowest BCUT2D eigenvalue weighted by atomic mass is 10.2. The number of sulfonamides is 2. The Labute approximate surface area is 217 Å². The van der Waals surface area contributed by atoms with Crippen LogP contribution in [0.5, 0.6) is 5.75 Å². The molecule has 0 unspecified atom stereocenters. The Kier molecular flexibility index (Phi) is 6.90. The maximum absolute atomic E-state index is 13.5. The smallest absolute Gasteiger partial charge is 0.263 e. The van der Waals surface area contributed by atoms with Gasteiger partial charge in [-0.05, 0) is 55.3 Å². The molecule has 1 saturated heterocycles. The second kappa shape index (κ2) is 10.1. The van der Waals surface area contributed by atoms with Gasteiger partial charge in [0.2, 0.25) is 10.0 Å². The summed E-state index contributed by atoms with van der Waals surface area (Å²) >= 11 is 1.16. The lowest BCUT2D eigenvalue weighted by Crippen LogP contribution is -2.35. The third-order valence-electron chi connectivity index (χ3n) is 5.81. The van der Waals surface area contributed by atoms with Crippen LogP contribution in [-0.2, 0) is 20.0 Å². The fourth-order valence-corrected chi connectivity index (χ4v) is 7.48. The number of phenolic OH excluding ortho intramolecular Hbond substituents is 1. The van der Waals surface area contributed by atoms with E-state index in [1.807, 2.05) is 0 Å². The molecule has 1 aliphatic heterocycles. The van der Waals surface area contributed by atoms with Gasteiger partial charge in [-0.1, -0.05) is 6.42 Å². The molecule has 4 aromatic rings. The van der Waals surface area contributed by atoms with Gasteiger partial charge in [0.15, 0.2) is 10.9 Å². The highest BCUT2D eigenvalue weighted by atomic mass is 32.2. The Bertz CT molecular complexity index is 1670. The molecule has 192 valence electrons. The molecule has 0 radical (unpaired) electrons. The summed E-state index contributed by atoms with van der Waals surface area (Å²) in [5.74, 6) is -0.302. The van der Waals surface area contributed by atoms with Crippen molar-refractivity contribution in [2.45, 2.75) is 29.1 Å². The number of hydrogen-bond acceptors (Lipinski definition) is 10. The zero-order valence-electron chi connectivity index (χ0n) is 19.4. The van der Waals surface area contributed by atoms with Gasteiger partial charge >= 0.3 is 0 Å². The van der Waals surface area contributed by atoms with Gasteiger partial charge < -0.3 is 5.11 Å². The molecule has 0 aliphatic carbocycles. The van der Waals surface area contributed by atoms with Gasteiger partial charge in [-0.3, -0.25) is 9.71 Å². The number of piperidine rings is 1. The van der Waals surface area contributed by atoms with E-state index in [1.165, 1.54) is 47.0 Å². The van der Waals surface area contributed by atoms with E-state index in [-0.39, 0.29) is 31.9 Å². The molecule has 1 aliphatic rings. The number of phenols is 1. The van der Waals surface area contributed by atoms with E-state index >= 15 is 0 Å². The second-order valence-corrected chi connectivity index (χ2v) is 12.7. The molecule has 0 amide bonds. The normalized spacial score (nSPS) is 15.4. The van der Waals surface area contributed by atoms with Gasteiger partial charge in [0.1, 0.15) is 11.2 Å². The first-order valence-corrected chi connectivity index (χ1v) is 15.1. The number of aromatic hydroxyl groups is 1. The molecule has 5 rings (SSSR count). The number of hydrogen-bond donors (Lipinski definition) is 2. The number of azo groups is 1. The van der Waals surface area contributed by atoms with Gasteiger partial charge in [-0.2, -0.15) is 9.42 Å². The first kappa shape index (κ1) is 25.2. The summed E-state index contributed by atoms with van der Waals surface area (Å²) in [4.78, 5) is 8.09. The second-order valence-electron chi connectivity index (χ2n) is 8.24. The molecular weight excluding hydrogens is 536 g/mol. The molecule has 0 spiro atoms. The van der Waals surface area contributed by atoms with Crippen molar-refractivity contribution in [3.8, 4) is 5.75 Å². The van der Waals surface area contributed by atoms with Crippen molar-refractivity contribution in [3.63, 3.8) is 0 Å². The summed E-state index contributed by atoms with van der Waals surface area (Å²) in [6, 6.07) is 10.1. The van der Waals surface area contributed by atoms with Crippen molar-refractivity contribution in [3.05, 3.63) is 60.2 Å². The SMILES string of the molecule is O=S(=O)(Nc1nccs1)c1ccc(N=Nc2cc(S(=O)(=O)N3CCCCC3)c3cccnc3c2O)cc1. The summed E-state index contributed by atoms with van der Waals surface area (Å²) in [5.41, 5.74) is 0.335. The molecule has 37 heavy (non-hydrogen) atoms.